The number of nitrogens with two attached hydrogens (primary N) is 1. The highest BCUT2D eigenvalue weighted by atomic mass is 35.5. The van der Waals surface area contributed by atoms with Gasteiger partial charge in [0.05, 0.1) is 18.9 Å². The van der Waals surface area contributed by atoms with Crippen molar-refractivity contribution in [1.29, 1.82) is 0 Å². The molecule has 1 saturated heterocycles. The van der Waals surface area contributed by atoms with Crippen LogP contribution in [0.3, 0.4) is 0 Å². The van der Waals surface area contributed by atoms with E-state index in [0.29, 0.717) is 40.9 Å². The first-order valence-corrected chi connectivity index (χ1v) is 11.7. The molecular formula is C22H26ClN9O4. The second-order valence-corrected chi connectivity index (χ2v) is 8.76. The van der Waals surface area contributed by atoms with Crippen LogP contribution < -0.4 is 26.4 Å². The topological polar surface area (TPSA) is 174 Å². The Labute approximate surface area is 211 Å². The summed E-state index contributed by atoms with van der Waals surface area (Å²) in [5.41, 5.74) is 7.71. The zero-order chi connectivity index (χ0) is 25.2. The summed E-state index contributed by atoms with van der Waals surface area (Å²) in [6.07, 6.45) is -0.227. The fourth-order valence-corrected chi connectivity index (χ4v) is 4.36. The third-order valence-electron chi connectivity index (χ3n) is 6.04. The lowest BCUT2D eigenvalue weighted by Gasteiger charge is -2.17. The largest absolute Gasteiger partial charge is 0.485 e. The molecule has 13 nitrogen and oxygen atoms in total. The number of ether oxygens (including phenoxy) is 2. The molecule has 2 aromatic heterocycles. The van der Waals surface area contributed by atoms with Gasteiger partial charge in [0.2, 0.25) is 0 Å². The van der Waals surface area contributed by atoms with Crippen LogP contribution in [0.5, 0.6) is 5.75 Å². The molecule has 5 rings (SSSR count). The normalized spacial score (nSPS) is 23.4. The number of amides is 1. The highest BCUT2D eigenvalue weighted by Crippen LogP contribution is 2.32. The number of nitrogens with zero attached hydrogens (tertiary/aromatic N) is 5. The zero-order valence-electron chi connectivity index (χ0n) is 19.4. The molecule has 0 unspecified atom stereocenters. The molecule has 0 bridgehead atoms. The first-order valence-electron chi connectivity index (χ1n) is 11.4. The summed E-state index contributed by atoms with van der Waals surface area (Å²) in [6.45, 7) is 2.23. The quantitative estimate of drug-likeness (QED) is 0.270. The van der Waals surface area contributed by atoms with E-state index in [4.69, 9.17) is 26.8 Å². The van der Waals surface area contributed by atoms with Crippen LogP contribution >= 0.6 is 11.6 Å². The van der Waals surface area contributed by atoms with Gasteiger partial charge in [-0.3, -0.25) is 14.4 Å². The molecule has 14 heteroatoms. The van der Waals surface area contributed by atoms with Crippen molar-refractivity contribution in [1.82, 2.24) is 30.2 Å². The van der Waals surface area contributed by atoms with E-state index in [-0.39, 0.29) is 0 Å². The van der Waals surface area contributed by atoms with E-state index in [1.165, 1.54) is 19.7 Å². The van der Waals surface area contributed by atoms with Crippen LogP contribution in [-0.4, -0.2) is 81.4 Å². The standard InChI is InChI=1S/C22H26ClN9O4/c1-25-21(34)18-15(24)17(33)22(36-18)32-10-31-16-19(29-9-30-20(16)32)28-7-11-6-12(23)2-3-13(11)35-8-14-26-4-5-27-14/h2-3,6,9-10,15,17-18,22,33H,4-5,7-8,24H2,1H3,(H,25,34)(H,26,27)(H,28,29,30)/t15-,17+,18-,22+/m0/s1. The lowest BCUT2D eigenvalue weighted by atomic mass is 10.1. The molecule has 1 fully saturated rings. The van der Waals surface area contributed by atoms with Crippen LogP contribution in [0.25, 0.3) is 11.2 Å². The van der Waals surface area contributed by atoms with Gasteiger partial charge in [-0.05, 0) is 18.2 Å². The maximum Gasteiger partial charge on any atom is 0.250 e. The second kappa shape index (κ2) is 10.2. The number of carbonyl (C=O) groups excluding carboxylic acids is 1. The number of likely N-dealkylation sites (N-methyl/N-ethyl adjacent to an activating group) is 1. The fourth-order valence-electron chi connectivity index (χ4n) is 4.16. The van der Waals surface area contributed by atoms with Crippen molar-refractivity contribution in [3.8, 4) is 5.75 Å². The predicted octanol–water partition coefficient (Wildman–Crippen LogP) is -0.196. The van der Waals surface area contributed by atoms with Crippen LogP contribution in [0, 0.1) is 0 Å². The minimum absolute atomic E-state index is 0.333. The number of hydrogen-bond acceptors (Lipinski definition) is 11. The van der Waals surface area contributed by atoms with Gasteiger partial charge in [0.1, 0.15) is 30.6 Å². The van der Waals surface area contributed by atoms with Crippen LogP contribution in [0.2, 0.25) is 5.02 Å². The fraction of sp³-hybridized carbons (Fsp3) is 0.409. The number of amidine groups is 1. The van der Waals surface area contributed by atoms with Crippen molar-refractivity contribution in [2.24, 2.45) is 10.7 Å². The molecule has 3 aromatic rings. The molecule has 4 heterocycles. The molecule has 190 valence electrons. The molecule has 6 N–H and O–H groups in total. The Balaban J connectivity index is 1.35. The third kappa shape index (κ3) is 4.65. The molecule has 4 atom stereocenters. The van der Waals surface area contributed by atoms with Crippen molar-refractivity contribution in [2.75, 3.05) is 32.1 Å². The molecule has 1 aromatic carbocycles. The summed E-state index contributed by atoms with van der Waals surface area (Å²) in [5.74, 6) is 1.52. The van der Waals surface area contributed by atoms with Crippen molar-refractivity contribution < 1.29 is 19.4 Å². The Hall–Kier alpha value is -3.52. The summed E-state index contributed by atoms with van der Waals surface area (Å²) in [4.78, 5) is 29.5. The maximum absolute atomic E-state index is 12.1. The molecular weight excluding hydrogens is 490 g/mol. The van der Waals surface area contributed by atoms with Gasteiger partial charge in [0, 0.05) is 30.7 Å². The van der Waals surface area contributed by atoms with E-state index < -0.39 is 30.4 Å². The third-order valence-corrected chi connectivity index (χ3v) is 6.27. The number of halogens is 1. The smallest absolute Gasteiger partial charge is 0.250 e. The molecule has 2 aliphatic heterocycles. The Bertz CT molecular complexity index is 1300. The van der Waals surface area contributed by atoms with Crippen LogP contribution in [0.15, 0.2) is 35.8 Å². The Morgan fingerprint density at radius 2 is 2.25 bits per heavy atom. The highest BCUT2D eigenvalue weighted by Gasteiger charge is 2.46. The number of fused-ring (bicyclic) bond motifs is 1. The SMILES string of the molecule is CNC(=O)[C@H]1O[C@@H](n2cnc3c(NCc4cc(Cl)ccc4OCC4=NCCN4)ncnc32)[C@H](O)[C@@H]1N. The lowest BCUT2D eigenvalue weighted by Crippen LogP contribution is -2.46. The number of aliphatic hydroxyl groups excluding tert-OH is 1. The van der Waals surface area contributed by atoms with Gasteiger partial charge in [-0.15, -0.1) is 0 Å². The number of aromatic nitrogens is 4. The van der Waals surface area contributed by atoms with Gasteiger partial charge >= 0.3 is 0 Å². The van der Waals surface area contributed by atoms with Gasteiger partial charge in [-0.25, -0.2) is 15.0 Å². The van der Waals surface area contributed by atoms with Crippen LogP contribution in [0.4, 0.5) is 5.82 Å². The van der Waals surface area contributed by atoms with E-state index in [1.807, 2.05) is 12.1 Å². The number of nitrogens with one attached hydrogen (secondary N) is 3. The average molecular weight is 516 g/mol. The molecule has 2 aliphatic rings. The van der Waals surface area contributed by atoms with Gasteiger partial charge in [0.25, 0.3) is 5.91 Å². The Kier molecular flexibility index (Phi) is 6.87. The van der Waals surface area contributed by atoms with Crippen LogP contribution in [0.1, 0.15) is 11.8 Å². The number of hydrogen-bond donors (Lipinski definition) is 5. The molecule has 36 heavy (non-hydrogen) atoms. The molecule has 1 amide bonds. The molecule has 0 aliphatic carbocycles. The summed E-state index contributed by atoms with van der Waals surface area (Å²) < 4.78 is 13.3. The summed E-state index contributed by atoms with van der Waals surface area (Å²) in [5, 5.41) is 20.1. The highest BCUT2D eigenvalue weighted by molar-refractivity contribution is 6.30. The summed E-state index contributed by atoms with van der Waals surface area (Å²) in [6, 6.07) is 4.48. The first kappa shape index (κ1) is 24.2. The minimum Gasteiger partial charge on any atom is -0.485 e. The molecule has 0 radical (unpaired) electrons. The molecule has 0 spiro atoms. The van der Waals surface area contributed by atoms with Gasteiger partial charge in [-0.1, -0.05) is 11.6 Å². The molecule has 0 saturated carbocycles. The van der Waals surface area contributed by atoms with Gasteiger partial charge in [-0.2, -0.15) is 0 Å². The Morgan fingerprint density at radius 1 is 1.39 bits per heavy atom. The predicted molar refractivity (Wildman–Crippen MR) is 132 cm³/mol. The average Bonchev–Trinajstić information content (AvgIpc) is 3.62. The van der Waals surface area contributed by atoms with Gasteiger partial charge in [0.15, 0.2) is 29.3 Å². The van der Waals surface area contributed by atoms with Crippen LogP contribution in [-0.2, 0) is 16.1 Å². The lowest BCUT2D eigenvalue weighted by molar-refractivity contribution is -0.134. The number of benzene rings is 1. The number of aliphatic hydroxyl groups is 1. The van der Waals surface area contributed by atoms with Crippen molar-refractivity contribution in [3.63, 3.8) is 0 Å². The number of anilines is 1. The minimum atomic E-state index is -1.14. The summed E-state index contributed by atoms with van der Waals surface area (Å²) >= 11 is 6.23. The summed E-state index contributed by atoms with van der Waals surface area (Å²) in [7, 11) is 1.48. The first-order chi connectivity index (χ1) is 17.5. The monoisotopic (exact) mass is 515 g/mol. The van der Waals surface area contributed by atoms with E-state index in [0.717, 1.165) is 24.5 Å². The Morgan fingerprint density at radius 3 is 3.03 bits per heavy atom. The van der Waals surface area contributed by atoms with E-state index in [2.05, 4.69) is 35.9 Å². The van der Waals surface area contributed by atoms with Crippen molar-refractivity contribution >= 4 is 40.3 Å². The van der Waals surface area contributed by atoms with E-state index in [9.17, 15) is 9.90 Å². The van der Waals surface area contributed by atoms with Crippen molar-refractivity contribution in [2.45, 2.75) is 31.0 Å². The second-order valence-electron chi connectivity index (χ2n) is 8.33. The number of rotatable bonds is 8. The number of carbonyl (C=O) groups is 1. The zero-order valence-corrected chi connectivity index (χ0v) is 20.1. The number of aliphatic imine (C=N–C) groups is 1. The van der Waals surface area contributed by atoms with E-state index >= 15 is 0 Å². The van der Waals surface area contributed by atoms with Crippen molar-refractivity contribution in [3.05, 3.63) is 41.4 Å². The number of imidazole rings is 1. The van der Waals surface area contributed by atoms with Gasteiger partial charge < -0.3 is 36.3 Å². The maximum atomic E-state index is 12.1. The van der Waals surface area contributed by atoms with E-state index in [1.54, 1.807) is 10.6 Å².